The van der Waals surface area contributed by atoms with Gasteiger partial charge in [0.1, 0.15) is 12.0 Å². The molecule has 1 aliphatic carbocycles. The molecule has 3 rings (SSSR count). The maximum Gasteiger partial charge on any atom is 0.241 e. The third-order valence-electron chi connectivity index (χ3n) is 4.47. The molecule has 21 heavy (non-hydrogen) atoms. The van der Waals surface area contributed by atoms with Gasteiger partial charge < -0.3 is 10.6 Å². The smallest absolute Gasteiger partial charge is 0.241 e. The molecule has 3 atom stereocenters. The molecule has 0 bridgehead atoms. The molecule has 1 amide bonds. The van der Waals surface area contributed by atoms with E-state index in [4.69, 9.17) is 23.2 Å². The summed E-state index contributed by atoms with van der Waals surface area (Å²) in [6.07, 6.45) is 8.20. The maximum absolute atomic E-state index is 12.4. The molecule has 114 valence electrons. The van der Waals surface area contributed by atoms with Gasteiger partial charge in [-0.15, -0.1) is 0 Å². The number of nitrogens with zero attached hydrogens (tertiary/aromatic N) is 2. The number of rotatable bonds is 2. The highest BCUT2D eigenvalue weighted by Crippen LogP contribution is 2.33. The number of piperidine rings is 1. The summed E-state index contributed by atoms with van der Waals surface area (Å²) in [5.41, 5.74) is 0.290. The minimum atomic E-state index is -0.198. The molecular weight excluding hydrogens is 311 g/mol. The van der Waals surface area contributed by atoms with Crippen LogP contribution in [0.15, 0.2) is 6.33 Å². The molecule has 2 fully saturated rings. The second kappa shape index (κ2) is 6.46. The summed E-state index contributed by atoms with van der Waals surface area (Å²) in [6.45, 7) is 0. The predicted molar refractivity (Wildman–Crippen MR) is 82.6 cm³/mol. The van der Waals surface area contributed by atoms with Crippen molar-refractivity contribution in [1.29, 1.82) is 0 Å². The molecule has 0 aromatic carbocycles. The van der Waals surface area contributed by atoms with E-state index >= 15 is 0 Å². The number of nitrogens with one attached hydrogen (secondary N) is 2. The van der Waals surface area contributed by atoms with E-state index in [-0.39, 0.29) is 22.3 Å². The number of aromatic nitrogens is 2. The van der Waals surface area contributed by atoms with Gasteiger partial charge in [0.05, 0.1) is 6.04 Å². The number of carbonyl (C=O) groups excluding carboxylic acids is 1. The molecular formula is C14H18Cl2N4O. The summed E-state index contributed by atoms with van der Waals surface area (Å²) in [7, 11) is 0. The van der Waals surface area contributed by atoms with Gasteiger partial charge in [-0.2, -0.15) is 0 Å². The lowest BCUT2D eigenvalue weighted by molar-refractivity contribution is -0.119. The van der Waals surface area contributed by atoms with E-state index in [0.717, 1.165) is 25.2 Å². The average Bonchev–Trinajstić information content (AvgIpc) is 2.50. The van der Waals surface area contributed by atoms with E-state index in [0.29, 0.717) is 11.7 Å². The molecule has 0 radical (unpaired) electrons. The fraction of sp³-hybridized carbons (Fsp3) is 0.643. The monoisotopic (exact) mass is 328 g/mol. The summed E-state index contributed by atoms with van der Waals surface area (Å²) in [4.78, 5) is 20.1. The van der Waals surface area contributed by atoms with E-state index in [9.17, 15) is 4.79 Å². The van der Waals surface area contributed by atoms with Gasteiger partial charge in [-0.25, -0.2) is 9.97 Å². The number of halogens is 2. The predicted octanol–water partition coefficient (Wildman–Crippen LogP) is 3.03. The van der Waals surface area contributed by atoms with Crippen molar-refractivity contribution in [2.24, 2.45) is 5.92 Å². The number of hydrogen-bond acceptors (Lipinski definition) is 4. The van der Waals surface area contributed by atoms with Gasteiger partial charge in [-0.1, -0.05) is 36.0 Å². The normalized spacial score (nSPS) is 28.8. The van der Waals surface area contributed by atoms with Gasteiger partial charge >= 0.3 is 0 Å². The number of fused-ring (bicyclic) bond motifs is 1. The van der Waals surface area contributed by atoms with Crippen molar-refractivity contribution < 1.29 is 4.79 Å². The summed E-state index contributed by atoms with van der Waals surface area (Å²) >= 11 is 11.9. The first kappa shape index (κ1) is 15.0. The Balaban J connectivity index is 1.66. The molecule has 1 aromatic rings. The highest BCUT2D eigenvalue weighted by Gasteiger charge is 2.34. The van der Waals surface area contributed by atoms with E-state index in [1.807, 2.05) is 0 Å². The van der Waals surface area contributed by atoms with Gasteiger partial charge in [0, 0.05) is 6.04 Å². The van der Waals surface area contributed by atoms with Crippen molar-refractivity contribution in [3.63, 3.8) is 0 Å². The Morgan fingerprint density at radius 1 is 1.14 bits per heavy atom. The Morgan fingerprint density at radius 3 is 2.62 bits per heavy atom. The SMILES string of the molecule is O=C(Nc1c(Cl)ncnc1Cl)C1CCC2CCCCC2N1. The molecule has 1 aromatic heterocycles. The van der Waals surface area contributed by atoms with Crippen LogP contribution < -0.4 is 10.6 Å². The zero-order chi connectivity index (χ0) is 14.8. The molecule has 5 nitrogen and oxygen atoms in total. The number of hydrogen-bond donors (Lipinski definition) is 2. The van der Waals surface area contributed by atoms with Crippen molar-refractivity contribution in [2.75, 3.05) is 5.32 Å². The van der Waals surface area contributed by atoms with E-state index in [1.54, 1.807) is 0 Å². The van der Waals surface area contributed by atoms with Crippen LogP contribution in [0.2, 0.25) is 10.3 Å². The number of anilines is 1. The second-order valence-corrected chi connectivity index (χ2v) is 6.48. The zero-order valence-corrected chi connectivity index (χ0v) is 13.1. The molecule has 2 aliphatic rings. The topological polar surface area (TPSA) is 66.9 Å². The number of amides is 1. The third-order valence-corrected chi connectivity index (χ3v) is 5.04. The summed E-state index contributed by atoms with van der Waals surface area (Å²) in [5.74, 6) is 0.604. The van der Waals surface area contributed by atoms with Crippen LogP contribution in [0.1, 0.15) is 38.5 Å². The molecule has 0 spiro atoms. The molecule has 3 unspecified atom stereocenters. The highest BCUT2D eigenvalue weighted by molar-refractivity contribution is 6.38. The van der Waals surface area contributed by atoms with E-state index in [1.165, 1.54) is 25.6 Å². The molecule has 7 heteroatoms. The largest absolute Gasteiger partial charge is 0.320 e. The van der Waals surface area contributed by atoms with E-state index in [2.05, 4.69) is 20.6 Å². The van der Waals surface area contributed by atoms with Crippen LogP contribution in [-0.2, 0) is 4.79 Å². The molecule has 2 heterocycles. The Morgan fingerprint density at radius 2 is 1.86 bits per heavy atom. The maximum atomic E-state index is 12.4. The summed E-state index contributed by atoms with van der Waals surface area (Å²) in [6, 6.07) is 0.262. The van der Waals surface area contributed by atoms with Crippen LogP contribution in [-0.4, -0.2) is 28.0 Å². The quantitative estimate of drug-likeness (QED) is 0.819. The second-order valence-electron chi connectivity index (χ2n) is 5.77. The Labute approximate surface area is 133 Å². The summed E-state index contributed by atoms with van der Waals surface area (Å²) < 4.78 is 0. The first-order chi connectivity index (χ1) is 10.1. The van der Waals surface area contributed by atoms with Gasteiger partial charge in [-0.05, 0) is 31.6 Å². The van der Waals surface area contributed by atoms with Gasteiger partial charge in [-0.3, -0.25) is 4.79 Å². The van der Waals surface area contributed by atoms with Crippen LogP contribution in [0.5, 0.6) is 0 Å². The molecule has 1 saturated carbocycles. The van der Waals surface area contributed by atoms with Crippen LogP contribution in [0, 0.1) is 5.92 Å². The summed E-state index contributed by atoms with van der Waals surface area (Å²) in [5, 5.41) is 6.55. The minimum absolute atomic E-state index is 0.113. The lowest BCUT2D eigenvalue weighted by Crippen LogP contribution is -2.53. The fourth-order valence-electron chi connectivity index (χ4n) is 3.36. The van der Waals surface area contributed by atoms with Gasteiger partial charge in [0.2, 0.25) is 5.91 Å². The Kier molecular flexibility index (Phi) is 4.62. The minimum Gasteiger partial charge on any atom is -0.320 e. The Bertz CT molecular complexity index is 519. The zero-order valence-electron chi connectivity index (χ0n) is 11.6. The third kappa shape index (κ3) is 3.30. The van der Waals surface area contributed by atoms with Crippen LogP contribution in [0.4, 0.5) is 5.69 Å². The first-order valence-corrected chi connectivity index (χ1v) is 8.13. The molecule has 1 saturated heterocycles. The van der Waals surface area contributed by atoms with Crippen molar-refractivity contribution in [3.05, 3.63) is 16.6 Å². The standard InChI is InChI=1S/C14H18Cl2N4O/c15-12-11(13(16)18-7-17-12)20-14(21)10-6-5-8-3-1-2-4-9(8)19-10/h7-10,19H,1-6H2,(H,20,21). The van der Waals surface area contributed by atoms with Crippen LogP contribution in [0.25, 0.3) is 0 Å². The van der Waals surface area contributed by atoms with Crippen molar-refractivity contribution in [1.82, 2.24) is 15.3 Å². The van der Waals surface area contributed by atoms with Crippen molar-refractivity contribution in [2.45, 2.75) is 50.6 Å². The lowest BCUT2D eigenvalue weighted by Gasteiger charge is -2.39. The van der Waals surface area contributed by atoms with E-state index < -0.39 is 0 Å². The molecule has 2 N–H and O–H groups in total. The van der Waals surface area contributed by atoms with Gasteiger partial charge in [0.15, 0.2) is 10.3 Å². The fourth-order valence-corrected chi connectivity index (χ4v) is 3.77. The Hall–Kier alpha value is -0.910. The first-order valence-electron chi connectivity index (χ1n) is 7.38. The van der Waals surface area contributed by atoms with Crippen molar-refractivity contribution >= 4 is 34.8 Å². The average molecular weight is 329 g/mol. The lowest BCUT2D eigenvalue weighted by atomic mass is 9.77. The van der Waals surface area contributed by atoms with Gasteiger partial charge in [0.25, 0.3) is 0 Å². The van der Waals surface area contributed by atoms with Crippen LogP contribution >= 0.6 is 23.2 Å². The highest BCUT2D eigenvalue weighted by atomic mass is 35.5. The molecule has 1 aliphatic heterocycles. The van der Waals surface area contributed by atoms with Crippen molar-refractivity contribution in [3.8, 4) is 0 Å². The van der Waals surface area contributed by atoms with Crippen LogP contribution in [0.3, 0.4) is 0 Å². The number of carbonyl (C=O) groups is 1.